The molecule has 1 aliphatic heterocycles. The number of carbonyl (C=O) groups is 3. The molecule has 0 fully saturated rings. The van der Waals surface area contributed by atoms with Crippen molar-refractivity contribution >= 4 is 17.7 Å². The highest BCUT2D eigenvalue weighted by Gasteiger charge is 2.35. The molecule has 0 aromatic heterocycles. The fourth-order valence-corrected chi connectivity index (χ4v) is 1.90. The number of urea groups is 1. The van der Waals surface area contributed by atoms with E-state index in [0.29, 0.717) is 0 Å². The van der Waals surface area contributed by atoms with E-state index in [1.54, 1.807) is 0 Å². The van der Waals surface area contributed by atoms with Crippen LogP contribution in [0.25, 0.3) is 0 Å². The predicted octanol–water partition coefficient (Wildman–Crippen LogP) is 0.288. The van der Waals surface area contributed by atoms with Crippen LogP contribution in [-0.2, 0) is 14.3 Å². The number of benzene rings is 1. The molecule has 0 saturated carbocycles. The topological polar surface area (TPSA) is 131 Å². The zero-order valence-electron chi connectivity index (χ0n) is 13.1. The summed E-state index contributed by atoms with van der Waals surface area (Å²) < 4.78 is 23.2. The number of hydroxylamine groups is 2. The summed E-state index contributed by atoms with van der Waals surface area (Å²) in [6.07, 6.45) is -0.456. The smallest absolute Gasteiger partial charge is 0.338 e. The second-order valence-electron chi connectivity index (χ2n) is 5.20. The number of rotatable bonds is 6. The van der Waals surface area contributed by atoms with Crippen LogP contribution in [0.5, 0.6) is 5.75 Å². The molecule has 9 nitrogen and oxygen atoms in total. The molecule has 4 N–H and O–H groups in total. The number of nitrogens with one attached hydrogen (secondary N) is 1. The normalized spacial score (nSPS) is 17.3. The monoisotopic (exact) mass is 353 g/mol. The van der Waals surface area contributed by atoms with Gasteiger partial charge < -0.3 is 20.5 Å². The summed E-state index contributed by atoms with van der Waals surface area (Å²) >= 11 is 0. The van der Waals surface area contributed by atoms with E-state index >= 15 is 0 Å². The molecule has 1 unspecified atom stereocenters. The van der Waals surface area contributed by atoms with Gasteiger partial charge in [0.25, 0.3) is 11.9 Å². The van der Waals surface area contributed by atoms with Gasteiger partial charge in [0.15, 0.2) is 0 Å². The third-order valence-electron chi connectivity index (χ3n) is 3.24. The summed E-state index contributed by atoms with van der Waals surface area (Å²) in [5.74, 6) is -1.84. The average molecular weight is 353 g/mol. The van der Waals surface area contributed by atoms with Gasteiger partial charge in [-0.1, -0.05) is 0 Å². The summed E-state index contributed by atoms with van der Waals surface area (Å²) in [5.41, 5.74) is 4.89. The van der Waals surface area contributed by atoms with Gasteiger partial charge in [-0.3, -0.25) is 14.8 Å². The Balaban J connectivity index is 1.87. The molecule has 3 amide bonds. The number of ether oxygens (including phenoxy) is 2. The minimum absolute atomic E-state index is 0.153. The van der Waals surface area contributed by atoms with Gasteiger partial charge in [-0.05, 0) is 31.2 Å². The summed E-state index contributed by atoms with van der Waals surface area (Å²) in [4.78, 5) is 34.6. The van der Waals surface area contributed by atoms with Crippen LogP contribution in [0.1, 0.15) is 6.92 Å². The van der Waals surface area contributed by atoms with Crippen molar-refractivity contribution in [1.82, 2.24) is 10.4 Å². The van der Waals surface area contributed by atoms with E-state index in [0.717, 1.165) is 18.2 Å². The molecule has 134 valence electrons. The molecule has 0 aliphatic carbocycles. The molecule has 1 aromatic rings. The van der Waals surface area contributed by atoms with E-state index in [1.807, 2.05) is 0 Å². The standard InChI is InChI=1S/C15H16FN3O6/c1-8(19(23)15(17)22)7-18-14(21)13-11(20)6-12(25-13)24-10-4-2-9(16)3-5-10/h2-6,8,13,23H,7H2,1H3,(H2,17,22)(H,18,21)/t8?,13-/m1/s1. The van der Waals surface area contributed by atoms with E-state index in [4.69, 9.17) is 15.2 Å². The fourth-order valence-electron chi connectivity index (χ4n) is 1.90. The number of nitrogens with two attached hydrogens (primary N) is 1. The lowest BCUT2D eigenvalue weighted by Crippen LogP contribution is -2.48. The lowest BCUT2D eigenvalue weighted by Gasteiger charge is -2.21. The number of hydrogen-bond acceptors (Lipinski definition) is 6. The second kappa shape index (κ2) is 7.62. The van der Waals surface area contributed by atoms with Gasteiger partial charge in [0.05, 0.1) is 12.1 Å². The maximum Gasteiger partial charge on any atom is 0.338 e. The van der Waals surface area contributed by atoms with E-state index < -0.39 is 35.7 Å². The first-order valence-corrected chi connectivity index (χ1v) is 7.19. The number of ketones is 1. The number of carbonyl (C=O) groups excluding carboxylic acids is 3. The van der Waals surface area contributed by atoms with E-state index in [-0.39, 0.29) is 23.3 Å². The van der Waals surface area contributed by atoms with E-state index in [2.05, 4.69) is 5.32 Å². The Hall–Kier alpha value is -3.14. The highest BCUT2D eigenvalue weighted by Crippen LogP contribution is 2.20. The third kappa shape index (κ3) is 4.67. The predicted molar refractivity (Wildman–Crippen MR) is 80.7 cm³/mol. The first-order chi connectivity index (χ1) is 11.8. The minimum atomic E-state index is -1.46. The molecule has 0 saturated heterocycles. The van der Waals surface area contributed by atoms with E-state index in [1.165, 1.54) is 19.1 Å². The molecule has 2 rings (SSSR count). The van der Waals surface area contributed by atoms with Crippen molar-refractivity contribution < 1.29 is 33.5 Å². The number of nitrogens with zero attached hydrogens (tertiary/aromatic N) is 1. The first kappa shape index (κ1) is 18.2. The van der Waals surface area contributed by atoms with Gasteiger partial charge in [0, 0.05) is 6.54 Å². The molecule has 2 atom stereocenters. The highest BCUT2D eigenvalue weighted by atomic mass is 19.1. The van der Waals surface area contributed by atoms with Crippen LogP contribution in [0, 0.1) is 5.82 Å². The van der Waals surface area contributed by atoms with Gasteiger partial charge in [-0.2, -0.15) is 0 Å². The van der Waals surface area contributed by atoms with Gasteiger partial charge in [-0.25, -0.2) is 14.2 Å². The van der Waals surface area contributed by atoms with Crippen LogP contribution >= 0.6 is 0 Å². The Labute approximate surface area is 141 Å². The number of primary amides is 1. The van der Waals surface area contributed by atoms with Crippen molar-refractivity contribution in [2.75, 3.05) is 6.54 Å². The molecule has 0 radical (unpaired) electrons. The maximum atomic E-state index is 12.8. The molecule has 10 heteroatoms. The lowest BCUT2D eigenvalue weighted by molar-refractivity contribution is -0.138. The number of amides is 3. The zero-order valence-corrected chi connectivity index (χ0v) is 13.1. The Morgan fingerprint density at radius 3 is 2.68 bits per heavy atom. The lowest BCUT2D eigenvalue weighted by atomic mass is 10.2. The average Bonchev–Trinajstić information content (AvgIpc) is 2.94. The van der Waals surface area contributed by atoms with Crippen molar-refractivity contribution in [3.05, 3.63) is 42.1 Å². The summed E-state index contributed by atoms with van der Waals surface area (Å²) in [6.45, 7) is 1.28. The molecular formula is C15H16FN3O6. The number of hydrogen-bond donors (Lipinski definition) is 3. The van der Waals surface area contributed by atoms with Crippen LogP contribution < -0.4 is 15.8 Å². The highest BCUT2D eigenvalue weighted by molar-refractivity contribution is 6.11. The zero-order chi connectivity index (χ0) is 18.6. The van der Waals surface area contributed by atoms with Gasteiger partial charge in [0.1, 0.15) is 11.6 Å². The third-order valence-corrected chi connectivity index (χ3v) is 3.24. The van der Waals surface area contributed by atoms with Gasteiger partial charge in [-0.15, -0.1) is 0 Å². The molecular weight excluding hydrogens is 337 g/mol. The van der Waals surface area contributed by atoms with Crippen LogP contribution in [-0.4, -0.2) is 46.7 Å². The summed E-state index contributed by atoms with van der Waals surface area (Å²) in [7, 11) is 0. The van der Waals surface area contributed by atoms with Gasteiger partial charge in [0.2, 0.25) is 11.9 Å². The fraction of sp³-hybridized carbons (Fsp3) is 0.267. The Bertz CT molecular complexity index is 706. The van der Waals surface area contributed by atoms with Gasteiger partial charge >= 0.3 is 6.03 Å². The minimum Gasteiger partial charge on any atom is -0.443 e. The Kier molecular flexibility index (Phi) is 5.55. The molecule has 1 heterocycles. The van der Waals surface area contributed by atoms with Crippen molar-refractivity contribution in [1.29, 1.82) is 0 Å². The SMILES string of the molecule is CC(CNC(=O)[C@@H]1OC(Oc2ccc(F)cc2)=CC1=O)N(O)C(N)=O. The number of halogens is 1. The largest absolute Gasteiger partial charge is 0.443 e. The second-order valence-corrected chi connectivity index (χ2v) is 5.20. The summed E-state index contributed by atoms with van der Waals surface area (Å²) in [5, 5.41) is 11.9. The van der Waals surface area contributed by atoms with Crippen molar-refractivity contribution in [2.24, 2.45) is 5.73 Å². The van der Waals surface area contributed by atoms with Crippen molar-refractivity contribution in [3.8, 4) is 5.75 Å². The molecule has 0 bridgehead atoms. The molecule has 1 aliphatic rings. The first-order valence-electron chi connectivity index (χ1n) is 7.19. The molecule has 1 aromatic carbocycles. The maximum absolute atomic E-state index is 12.8. The molecule has 0 spiro atoms. The summed E-state index contributed by atoms with van der Waals surface area (Å²) in [6, 6.07) is 3.11. The quantitative estimate of drug-likeness (QED) is 0.383. The van der Waals surface area contributed by atoms with Crippen LogP contribution in [0.15, 0.2) is 36.3 Å². The Morgan fingerprint density at radius 1 is 1.44 bits per heavy atom. The Morgan fingerprint density at radius 2 is 2.08 bits per heavy atom. The molecule has 25 heavy (non-hydrogen) atoms. The van der Waals surface area contributed by atoms with Crippen LogP contribution in [0.3, 0.4) is 0 Å². The van der Waals surface area contributed by atoms with Crippen molar-refractivity contribution in [2.45, 2.75) is 19.1 Å². The van der Waals surface area contributed by atoms with Crippen LogP contribution in [0.2, 0.25) is 0 Å². The van der Waals surface area contributed by atoms with Crippen LogP contribution in [0.4, 0.5) is 9.18 Å². The van der Waals surface area contributed by atoms with Crippen molar-refractivity contribution in [3.63, 3.8) is 0 Å². The van der Waals surface area contributed by atoms with E-state index in [9.17, 15) is 24.0 Å².